The van der Waals surface area contributed by atoms with Crippen molar-refractivity contribution in [2.75, 3.05) is 25.5 Å². The summed E-state index contributed by atoms with van der Waals surface area (Å²) < 4.78 is 12.9. The standard InChI is InChI=1S/C26H28N6O3S/c1-26(2,3)35-25(33)31-12-6-8-18(16-31)28-23-27-11-10-20(29-23)22-21(30-24-32(22)13-14-36-24)17-7-5-9-19(15-17)34-4/h7,10-11,13-15,18H,6,8,12,16H2,1-4H3,(H,27,28,29)/t18-/m1/s1. The monoisotopic (exact) mass is 504 g/mol. The number of thiazole rings is 1. The van der Waals surface area contributed by atoms with Crippen LogP contribution < -0.4 is 10.1 Å². The number of nitrogens with zero attached hydrogens (tertiary/aromatic N) is 5. The Morgan fingerprint density at radius 3 is 2.97 bits per heavy atom. The van der Waals surface area contributed by atoms with Gasteiger partial charge in [0.2, 0.25) is 5.95 Å². The molecule has 1 aromatic carbocycles. The van der Waals surface area contributed by atoms with E-state index in [2.05, 4.69) is 22.4 Å². The molecule has 0 radical (unpaired) electrons. The maximum absolute atomic E-state index is 12.6. The van der Waals surface area contributed by atoms with Gasteiger partial charge in [-0.1, -0.05) is 6.07 Å². The molecule has 9 nitrogen and oxygen atoms in total. The van der Waals surface area contributed by atoms with E-state index in [1.54, 1.807) is 29.5 Å². The molecule has 5 rings (SSSR count). The zero-order valence-electron chi connectivity index (χ0n) is 20.7. The quantitative estimate of drug-likeness (QED) is 0.411. The average molecular weight is 505 g/mol. The van der Waals surface area contributed by atoms with Crippen LogP contribution in [0.2, 0.25) is 0 Å². The maximum Gasteiger partial charge on any atom is 0.410 e. The lowest BCUT2D eigenvalue weighted by molar-refractivity contribution is 0.0206. The van der Waals surface area contributed by atoms with Gasteiger partial charge >= 0.3 is 6.09 Å². The lowest BCUT2D eigenvalue weighted by Gasteiger charge is -2.34. The third kappa shape index (κ3) is 5.06. The fourth-order valence-corrected chi connectivity index (χ4v) is 4.93. The molecule has 186 valence electrons. The number of nitrogens with one attached hydrogen (secondary N) is 1. The first-order chi connectivity index (χ1) is 17.3. The lowest BCUT2D eigenvalue weighted by Crippen LogP contribution is -2.47. The number of piperidine rings is 1. The minimum absolute atomic E-state index is 0.0242. The van der Waals surface area contributed by atoms with Crippen LogP contribution in [-0.4, -0.2) is 62.2 Å². The van der Waals surface area contributed by atoms with Crippen LogP contribution in [0.25, 0.3) is 27.6 Å². The molecule has 0 saturated carbocycles. The number of carbonyl (C=O) groups is 1. The van der Waals surface area contributed by atoms with Gasteiger partial charge in [0.05, 0.1) is 12.8 Å². The van der Waals surface area contributed by atoms with Gasteiger partial charge in [-0.3, -0.25) is 4.40 Å². The number of anilines is 1. The van der Waals surface area contributed by atoms with E-state index < -0.39 is 5.60 Å². The van der Waals surface area contributed by atoms with Crippen LogP contribution in [0.3, 0.4) is 0 Å². The molecule has 1 saturated heterocycles. The highest BCUT2D eigenvalue weighted by atomic mass is 32.1. The SMILES string of the molecule is COc1c#ccc(-c2nc3sccn3c2-c2ccnc(N[C@@H]3CCCN(C(=O)OC(C)(C)C)C3)n2)c1. The van der Waals surface area contributed by atoms with Crippen LogP contribution in [0.4, 0.5) is 10.7 Å². The Bertz CT molecular complexity index is 1380. The maximum atomic E-state index is 12.6. The first-order valence-corrected chi connectivity index (χ1v) is 12.7. The summed E-state index contributed by atoms with van der Waals surface area (Å²) in [6.07, 6.45) is 5.22. The Balaban J connectivity index is 1.41. The van der Waals surface area contributed by atoms with E-state index in [9.17, 15) is 4.79 Å². The first-order valence-electron chi connectivity index (χ1n) is 11.8. The van der Waals surface area contributed by atoms with Crippen molar-refractivity contribution in [2.45, 2.75) is 45.3 Å². The van der Waals surface area contributed by atoms with Gasteiger partial charge in [0.1, 0.15) is 17.0 Å². The van der Waals surface area contributed by atoms with Gasteiger partial charge in [0.25, 0.3) is 0 Å². The summed E-state index contributed by atoms with van der Waals surface area (Å²) in [6, 6.07) is 11.6. The van der Waals surface area contributed by atoms with E-state index in [4.69, 9.17) is 19.4 Å². The molecule has 0 unspecified atom stereocenters. The third-order valence-electron chi connectivity index (χ3n) is 5.77. The number of likely N-dealkylation sites (tertiary alicyclic amines) is 1. The Kier molecular flexibility index (Phi) is 6.41. The highest BCUT2D eigenvalue weighted by molar-refractivity contribution is 7.15. The Morgan fingerprint density at radius 2 is 2.17 bits per heavy atom. The predicted octanol–water partition coefficient (Wildman–Crippen LogP) is 4.94. The first kappa shape index (κ1) is 23.9. The van der Waals surface area contributed by atoms with Crippen LogP contribution in [0.15, 0.2) is 36.0 Å². The molecule has 4 aromatic rings. The number of imidazole rings is 1. The van der Waals surface area contributed by atoms with Crippen molar-refractivity contribution in [1.29, 1.82) is 0 Å². The third-order valence-corrected chi connectivity index (χ3v) is 6.53. The van der Waals surface area contributed by atoms with Gasteiger partial charge in [-0.05, 0) is 57.9 Å². The molecule has 1 aliphatic rings. The van der Waals surface area contributed by atoms with Gasteiger partial charge in [-0.15, -0.1) is 11.3 Å². The number of fused-ring (bicyclic) bond motifs is 1. The number of ether oxygens (including phenoxy) is 2. The summed E-state index contributed by atoms with van der Waals surface area (Å²) in [5.41, 5.74) is 2.72. The molecule has 0 aliphatic carbocycles. The van der Waals surface area contributed by atoms with Crippen molar-refractivity contribution in [1.82, 2.24) is 24.3 Å². The number of rotatable bonds is 5. The molecule has 10 heteroatoms. The fraction of sp³-hybridized carbons (Fsp3) is 0.385. The second-order valence-electron chi connectivity index (χ2n) is 9.62. The number of hydrogen-bond donors (Lipinski definition) is 1. The van der Waals surface area contributed by atoms with Crippen LogP contribution in [-0.2, 0) is 4.74 Å². The van der Waals surface area contributed by atoms with E-state index >= 15 is 0 Å². The summed E-state index contributed by atoms with van der Waals surface area (Å²) in [6.45, 7) is 6.84. The van der Waals surface area contributed by atoms with Gasteiger partial charge in [-0.2, -0.15) is 0 Å². The van der Waals surface area contributed by atoms with Gasteiger partial charge < -0.3 is 19.7 Å². The average Bonchev–Trinajstić information content (AvgIpc) is 3.45. The second-order valence-corrected chi connectivity index (χ2v) is 10.5. The summed E-state index contributed by atoms with van der Waals surface area (Å²) in [4.78, 5) is 29.3. The van der Waals surface area contributed by atoms with Crippen LogP contribution in [0.1, 0.15) is 33.6 Å². The molecule has 36 heavy (non-hydrogen) atoms. The molecule has 1 atom stereocenters. The highest BCUT2D eigenvalue weighted by Crippen LogP contribution is 2.34. The minimum Gasteiger partial charge on any atom is -0.489 e. The van der Waals surface area contributed by atoms with Crippen LogP contribution in [0, 0.1) is 12.1 Å². The van der Waals surface area contributed by atoms with Crippen molar-refractivity contribution in [3.63, 3.8) is 0 Å². The summed E-state index contributed by atoms with van der Waals surface area (Å²) >= 11 is 1.56. The summed E-state index contributed by atoms with van der Waals surface area (Å²) in [5.74, 6) is 1.09. The topological polar surface area (TPSA) is 93.9 Å². The largest absolute Gasteiger partial charge is 0.489 e. The van der Waals surface area contributed by atoms with E-state index in [1.165, 1.54) is 0 Å². The molecule has 3 aromatic heterocycles. The fourth-order valence-electron chi connectivity index (χ4n) is 4.21. The van der Waals surface area contributed by atoms with Gasteiger partial charge in [0, 0.05) is 42.5 Å². The Morgan fingerprint density at radius 1 is 1.31 bits per heavy atom. The molecule has 1 amide bonds. The van der Waals surface area contributed by atoms with Gasteiger partial charge in [0.15, 0.2) is 10.7 Å². The number of methoxy groups -OCH3 is 1. The summed E-state index contributed by atoms with van der Waals surface area (Å²) in [5, 5.41) is 5.42. The zero-order valence-corrected chi connectivity index (χ0v) is 21.6. The second kappa shape index (κ2) is 9.66. The van der Waals surface area contributed by atoms with E-state index in [0.717, 1.165) is 40.4 Å². The zero-order chi connectivity index (χ0) is 25.3. The van der Waals surface area contributed by atoms with Crippen molar-refractivity contribution >= 4 is 28.3 Å². The number of amides is 1. The predicted molar refractivity (Wildman–Crippen MR) is 138 cm³/mol. The molecule has 1 N–H and O–H groups in total. The van der Waals surface area contributed by atoms with Crippen molar-refractivity contribution < 1.29 is 14.3 Å². The molecular formula is C26H28N6O3S. The smallest absolute Gasteiger partial charge is 0.410 e. The molecular weight excluding hydrogens is 476 g/mol. The van der Waals surface area contributed by atoms with Crippen molar-refractivity contribution in [2.24, 2.45) is 0 Å². The van der Waals surface area contributed by atoms with Crippen LogP contribution in [0.5, 0.6) is 5.75 Å². The molecule has 0 bridgehead atoms. The number of aromatic nitrogens is 4. The molecule has 1 aliphatic heterocycles. The number of carbonyl (C=O) groups excluding carboxylic acids is 1. The van der Waals surface area contributed by atoms with Gasteiger partial charge in [-0.25, -0.2) is 19.7 Å². The molecule has 4 heterocycles. The van der Waals surface area contributed by atoms with E-state index in [-0.39, 0.29) is 12.1 Å². The van der Waals surface area contributed by atoms with Crippen molar-refractivity contribution in [3.8, 4) is 28.4 Å². The summed E-state index contributed by atoms with van der Waals surface area (Å²) in [7, 11) is 1.60. The highest BCUT2D eigenvalue weighted by Gasteiger charge is 2.28. The van der Waals surface area contributed by atoms with Crippen LogP contribution >= 0.6 is 11.3 Å². The van der Waals surface area contributed by atoms with E-state index in [0.29, 0.717) is 24.8 Å². The lowest BCUT2D eigenvalue weighted by atomic mass is 10.1. The van der Waals surface area contributed by atoms with Crippen molar-refractivity contribution in [3.05, 3.63) is 48.1 Å². The molecule has 0 spiro atoms. The Labute approximate surface area is 214 Å². The normalized spacial score (nSPS) is 16.0. The van der Waals surface area contributed by atoms with E-state index in [1.807, 2.05) is 54.9 Å². The number of hydrogen-bond acceptors (Lipinski definition) is 8. The minimum atomic E-state index is -0.524. The molecule has 1 fully saturated rings. The Hall–Kier alpha value is -3.84.